The number of hydrogen-bond acceptors (Lipinski definition) is 2. The van der Waals surface area contributed by atoms with Crippen LogP contribution in [0.25, 0.3) is 0 Å². The normalized spacial score (nSPS) is 11.5. The van der Waals surface area contributed by atoms with Gasteiger partial charge in [-0.25, -0.2) is 4.57 Å². The summed E-state index contributed by atoms with van der Waals surface area (Å²) in [5.41, 5.74) is 2.64. The van der Waals surface area contributed by atoms with Gasteiger partial charge in [0.05, 0.1) is 5.75 Å². The Hall–Kier alpha value is -1.72. The topological polar surface area (TPSA) is 58.3 Å². The Bertz CT molecular complexity index is 667. The van der Waals surface area contributed by atoms with E-state index < -0.39 is 10.1 Å². The molecule has 0 unspecified atom stereocenters. The number of aromatic nitrogens is 1. The van der Waals surface area contributed by atoms with Crippen LogP contribution < -0.4 is 4.57 Å². The van der Waals surface area contributed by atoms with Crippen LogP contribution >= 0.6 is 0 Å². The van der Waals surface area contributed by atoms with E-state index in [4.69, 9.17) is 4.55 Å². The fourth-order valence-electron chi connectivity index (χ4n) is 2.37. The van der Waals surface area contributed by atoms with Gasteiger partial charge in [-0.05, 0) is 30.4 Å². The summed E-state index contributed by atoms with van der Waals surface area (Å²) in [5, 5.41) is 0. The molecule has 1 aromatic carbocycles. The monoisotopic (exact) mass is 320 g/mol. The summed E-state index contributed by atoms with van der Waals surface area (Å²) in [7, 11) is -3.85. The fraction of sp³-hybridized carbons (Fsp3) is 0.353. The van der Waals surface area contributed by atoms with Gasteiger partial charge in [-0.15, -0.1) is 0 Å². The molecule has 1 N–H and O–H groups in total. The quantitative estimate of drug-likeness (QED) is 0.600. The zero-order chi connectivity index (χ0) is 15.8. The molecule has 0 fully saturated rings. The second-order valence-electron chi connectivity index (χ2n) is 5.42. The lowest BCUT2D eigenvalue weighted by Crippen LogP contribution is -2.33. The molecule has 22 heavy (non-hydrogen) atoms. The summed E-state index contributed by atoms with van der Waals surface area (Å²) in [5.74, 6) is -0.196. The number of nitrogens with zero attached hydrogens (tertiary/aromatic N) is 1. The third-order valence-corrected chi connectivity index (χ3v) is 4.36. The maximum Gasteiger partial charge on any atom is 0.265 e. The van der Waals surface area contributed by atoms with Crippen molar-refractivity contribution in [3.63, 3.8) is 0 Å². The number of pyridine rings is 1. The minimum atomic E-state index is -3.85. The Kier molecular flexibility index (Phi) is 6.10. The first-order chi connectivity index (χ1) is 10.5. The minimum Gasteiger partial charge on any atom is -0.286 e. The van der Waals surface area contributed by atoms with Crippen molar-refractivity contribution in [1.82, 2.24) is 0 Å². The lowest BCUT2D eigenvalue weighted by molar-refractivity contribution is -0.696. The van der Waals surface area contributed by atoms with Gasteiger partial charge < -0.3 is 0 Å². The van der Waals surface area contributed by atoms with Crippen LogP contribution in [0.2, 0.25) is 0 Å². The molecule has 4 nitrogen and oxygen atoms in total. The SMILES string of the molecule is O=S(=O)(O)CCC[n+]1ccc(CCCc2ccccc2)cc1. The van der Waals surface area contributed by atoms with Crippen molar-refractivity contribution in [3.8, 4) is 0 Å². The van der Waals surface area contributed by atoms with E-state index in [0.717, 1.165) is 19.3 Å². The summed E-state index contributed by atoms with van der Waals surface area (Å²) in [6, 6.07) is 14.6. The third kappa shape index (κ3) is 6.37. The molecular weight excluding hydrogens is 298 g/mol. The van der Waals surface area contributed by atoms with Gasteiger partial charge in [0, 0.05) is 18.6 Å². The highest BCUT2D eigenvalue weighted by Gasteiger charge is 2.07. The van der Waals surface area contributed by atoms with E-state index in [1.165, 1.54) is 11.1 Å². The Balaban J connectivity index is 1.74. The molecule has 2 aromatic rings. The fourth-order valence-corrected chi connectivity index (χ4v) is 2.87. The maximum atomic E-state index is 10.7. The average Bonchev–Trinajstić information content (AvgIpc) is 2.49. The van der Waals surface area contributed by atoms with E-state index in [1.54, 1.807) is 0 Å². The average molecular weight is 320 g/mol. The zero-order valence-corrected chi connectivity index (χ0v) is 13.4. The Morgan fingerprint density at radius 3 is 2.05 bits per heavy atom. The molecule has 0 radical (unpaired) electrons. The molecule has 0 bridgehead atoms. The van der Waals surface area contributed by atoms with Gasteiger partial charge >= 0.3 is 0 Å². The summed E-state index contributed by atoms with van der Waals surface area (Å²) in [6.45, 7) is 0.587. The summed E-state index contributed by atoms with van der Waals surface area (Å²) >= 11 is 0. The van der Waals surface area contributed by atoms with Gasteiger partial charge in [-0.3, -0.25) is 4.55 Å². The number of benzene rings is 1. The Labute approximate surface area is 132 Å². The zero-order valence-electron chi connectivity index (χ0n) is 12.6. The van der Waals surface area contributed by atoms with Gasteiger partial charge in [-0.2, -0.15) is 8.42 Å². The molecule has 0 saturated heterocycles. The van der Waals surface area contributed by atoms with Gasteiger partial charge in [0.2, 0.25) is 0 Å². The highest BCUT2D eigenvalue weighted by molar-refractivity contribution is 7.85. The second kappa shape index (κ2) is 8.06. The minimum absolute atomic E-state index is 0.196. The van der Waals surface area contributed by atoms with Crippen molar-refractivity contribution in [2.75, 3.05) is 5.75 Å². The first-order valence-corrected chi connectivity index (χ1v) is 9.11. The molecule has 1 aromatic heterocycles. The molecule has 0 saturated carbocycles. The van der Waals surface area contributed by atoms with Crippen LogP contribution in [0.15, 0.2) is 54.9 Å². The molecule has 0 atom stereocenters. The van der Waals surface area contributed by atoms with Crippen LogP contribution in [0.3, 0.4) is 0 Å². The smallest absolute Gasteiger partial charge is 0.265 e. The van der Waals surface area contributed by atoms with Crippen molar-refractivity contribution < 1.29 is 17.5 Å². The van der Waals surface area contributed by atoms with E-state index in [-0.39, 0.29) is 5.75 Å². The number of hydrogen-bond donors (Lipinski definition) is 1. The molecule has 2 rings (SSSR count). The van der Waals surface area contributed by atoms with Crippen LogP contribution in [0.5, 0.6) is 0 Å². The second-order valence-corrected chi connectivity index (χ2v) is 7.00. The molecule has 0 amide bonds. The number of rotatable bonds is 8. The molecule has 0 aliphatic rings. The summed E-state index contributed by atoms with van der Waals surface area (Å²) in [4.78, 5) is 0. The largest absolute Gasteiger partial charge is 0.286 e. The first-order valence-electron chi connectivity index (χ1n) is 7.50. The standard InChI is InChI=1S/C17H21NO3S/c19-22(20,21)15-5-12-18-13-10-17(11-14-18)9-4-8-16-6-2-1-3-7-16/h1-3,6-7,10-11,13-14H,4-5,8-9,12,15H2/p+1. The van der Waals surface area contributed by atoms with Crippen molar-refractivity contribution in [2.45, 2.75) is 32.2 Å². The lowest BCUT2D eigenvalue weighted by Gasteiger charge is -2.02. The molecule has 118 valence electrons. The molecule has 0 spiro atoms. The number of aryl methyl sites for hydroxylation is 3. The van der Waals surface area contributed by atoms with E-state index in [9.17, 15) is 8.42 Å². The predicted octanol–water partition coefficient (Wildman–Crippen LogP) is 2.43. The molecule has 0 aliphatic carbocycles. The lowest BCUT2D eigenvalue weighted by atomic mass is 10.1. The Morgan fingerprint density at radius 1 is 0.864 bits per heavy atom. The van der Waals surface area contributed by atoms with E-state index in [2.05, 4.69) is 36.4 Å². The third-order valence-electron chi connectivity index (χ3n) is 3.55. The molecular formula is C17H22NO3S+. The summed E-state index contributed by atoms with van der Waals surface area (Å²) in [6.07, 6.45) is 7.54. The van der Waals surface area contributed by atoms with Crippen molar-refractivity contribution in [1.29, 1.82) is 0 Å². The van der Waals surface area contributed by atoms with Gasteiger partial charge in [0.15, 0.2) is 12.4 Å². The van der Waals surface area contributed by atoms with E-state index in [0.29, 0.717) is 13.0 Å². The Morgan fingerprint density at radius 2 is 1.45 bits per heavy atom. The first kappa shape index (κ1) is 16.6. The van der Waals surface area contributed by atoms with Gasteiger partial charge in [-0.1, -0.05) is 30.3 Å². The molecule has 1 heterocycles. The van der Waals surface area contributed by atoms with Crippen molar-refractivity contribution in [2.24, 2.45) is 0 Å². The van der Waals surface area contributed by atoms with Gasteiger partial charge in [0.25, 0.3) is 10.1 Å². The van der Waals surface area contributed by atoms with Crippen LogP contribution in [0, 0.1) is 0 Å². The van der Waals surface area contributed by atoms with Gasteiger partial charge in [0.1, 0.15) is 6.54 Å². The van der Waals surface area contributed by atoms with E-state index in [1.807, 2.05) is 23.0 Å². The predicted molar refractivity (Wildman–Crippen MR) is 86.1 cm³/mol. The van der Waals surface area contributed by atoms with Crippen molar-refractivity contribution >= 4 is 10.1 Å². The molecule has 0 aliphatic heterocycles. The highest BCUT2D eigenvalue weighted by Crippen LogP contribution is 2.07. The van der Waals surface area contributed by atoms with E-state index >= 15 is 0 Å². The van der Waals surface area contributed by atoms with Crippen LogP contribution in [-0.4, -0.2) is 18.7 Å². The maximum absolute atomic E-state index is 10.7. The summed E-state index contributed by atoms with van der Waals surface area (Å²) < 4.78 is 31.9. The molecule has 5 heteroatoms. The highest BCUT2D eigenvalue weighted by atomic mass is 32.2. The van der Waals surface area contributed by atoms with Crippen LogP contribution in [0.1, 0.15) is 24.0 Å². The van der Waals surface area contributed by atoms with Crippen LogP contribution in [0.4, 0.5) is 0 Å². The van der Waals surface area contributed by atoms with Crippen molar-refractivity contribution in [3.05, 3.63) is 66.0 Å². The van der Waals surface area contributed by atoms with Crippen LogP contribution in [-0.2, 0) is 29.5 Å².